The minimum Gasteiger partial charge on any atom is -0.491 e. The fourth-order valence-corrected chi connectivity index (χ4v) is 1.33. The molecule has 0 aromatic carbocycles. The Morgan fingerprint density at radius 2 is 2.29 bits per heavy atom. The molecular formula is C12H17NO4. The first kappa shape index (κ1) is 13.4. The molecule has 5 heteroatoms. The van der Waals surface area contributed by atoms with Gasteiger partial charge in [-0.15, -0.1) is 0 Å². The number of esters is 1. The van der Waals surface area contributed by atoms with E-state index in [2.05, 4.69) is 4.98 Å². The zero-order valence-electron chi connectivity index (χ0n) is 10.1. The average Bonchev–Trinajstić information content (AvgIpc) is 2.39. The van der Waals surface area contributed by atoms with Crippen LogP contribution >= 0.6 is 0 Å². The van der Waals surface area contributed by atoms with Gasteiger partial charge >= 0.3 is 5.97 Å². The maximum atomic E-state index is 11.5. The van der Waals surface area contributed by atoms with Gasteiger partial charge in [0.05, 0.1) is 19.2 Å². The molecule has 1 unspecified atom stereocenters. The van der Waals surface area contributed by atoms with Gasteiger partial charge in [0, 0.05) is 19.9 Å². The van der Waals surface area contributed by atoms with Crippen LogP contribution in [0.1, 0.15) is 6.42 Å². The molecule has 0 aliphatic heterocycles. The van der Waals surface area contributed by atoms with Gasteiger partial charge in [-0.2, -0.15) is 0 Å². The highest BCUT2D eigenvalue weighted by molar-refractivity contribution is 5.72. The monoisotopic (exact) mass is 239 g/mol. The molecule has 0 spiro atoms. The van der Waals surface area contributed by atoms with Crippen molar-refractivity contribution in [2.24, 2.45) is 5.92 Å². The molecule has 0 amide bonds. The minimum absolute atomic E-state index is 0.266. The maximum absolute atomic E-state index is 11.5. The van der Waals surface area contributed by atoms with Crippen LogP contribution in [0, 0.1) is 5.92 Å². The highest BCUT2D eigenvalue weighted by Gasteiger charge is 2.19. The molecule has 0 aliphatic carbocycles. The Hall–Kier alpha value is -1.62. The van der Waals surface area contributed by atoms with Crippen molar-refractivity contribution in [3.05, 3.63) is 24.5 Å². The van der Waals surface area contributed by atoms with E-state index in [4.69, 9.17) is 14.2 Å². The summed E-state index contributed by atoms with van der Waals surface area (Å²) in [6.45, 7) is 0.762. The SMILES string of the molecule is COCCC(COc1cccnc1)C(=O)OC. The van der Waals surface area contributed by atoms with E-state index in [9.17, 15) is 4.79 Å². The number of nitrogens with zero attached hydrogens (tertiary/aromatic N) is 1. The van der Waals surface area contributed by atoms with Gasteiger partial charge in [0.25, 0.3) is 0 Å². The molecule has 0 bridgehead atoms. The van der Waals surface area contributed by atoms with Crippen LogP contribution in [0.5, 0.6) is 5.75 Å². The number of aromatic nitrogens is 1. The van der Waals surface area contributed by atoms with E-state index in [-0.39, 0.29) is 18.5 Å². The smallest absolute Gasteiger partial charge is 0.312 e. The van der Waals surface area contributed by atoms with E-state index in [1.807, 2.05) is 0 Å². The normalized spacial score (nSPS) is 11.9. The van der Waals surface area contributed by atoms with Gasteiger partial charge in [0.2, 0.25) is 0 Å². The molecular weight excluding hydrogens is 222 g/mol. The lowest BCUT2D eigenvalue weighted by Gasteiger charge is -2.14. The Labute approximate surface area is 101 Å². The Kier molecular flexibility index (Phi) is 6.03. The number of hydrogen-bond donors (Lipinski definition) is 0. The maximum Gasteiger partial charge on any atom is 0.312 e. The third-order valence-corrected chi connectivity index (χ3v) is 2.29. The van der Waals surface area contributed by atoms with Crippen LogP contribution < -0.4 is 4.74 Å². The second-order valence-electron chi connectivity index (χ2n) is 3.50. The lowest BCUT2D eigenvalue weighted by molar-refractivity contribution is -0.147. The third kappa shape index (κ3) is 4.82. The molecule has 94 valence electrons. The predicted octanol–water partition coefficient (Wildman–Crippen LogP) is 1.29. The highest BCUT2D eigenvalue weighted by Crippen LogP contribution is 2.11. The highest BCUT2D eigenvalue weighted by atomic mass is 16.5. The standard InChI is InChI=1S/C12H17NO4/c1-15-7-5-10(12(14)16-2)9-17-11-4-3-6-13-8-11/h3-4,6,8,10H,5,7,9H2,1-2H3. The van der Waals surface area contributed by atoms with Gasteiger partial charge in [0.15, 0.2) is 0 Å². The summed E-state index contributed by atoms with van der Waals surface area (Å²) in [4.78, 5) is 15.4. The first-order valence-electron chi connectivity index (χ1n) is 5.37. The van der Waals surface area contributed by atoms with Crippen LogP contribution in [0.25, 0.3) is 0 Å². The van der Waals surface area contributed by atoms with Crippen molar-refractivity contribution in [1.29, 1.82) is 0 Å². The summed E-state index contributed by atoms with van der Waals surface area (Å²) in [5, 5.41) is 0. The van der Waals surface area contributed by atoms with Crippen LogP contribution in [-0.4, -0.2) is 38.4 Å². The largest absolute Gasteiger partial charge is 0.491 e. The Bertz CT molecular complexity index is 329. The van der Waals surface area contributed by atoms with E-state index >= 15 is 0 Å². The summed E-state index contributed by atoms with van der Waals surface area (Å²) in [5.41, 5.74) is 0. The summed E-state index contributed by atoms with van der Waals surface area (Å²) in [6, 6.07) is 3.56. The average molecular weight is 239 g/mol. The lowest BCUT2D eigenvalue weighted by Crippen LogP contribution is -2.24. The van der Waals surface area contributed by atoms with E-state index in [0.717, 1.165) is 0 Å². The van der Waals surface area contributed by atoms with Crippen molar-refractivity contribution in [2.45, 2.75) is 6.42 Å². The van der Waals surface area contributed by atoms with Crippen molar-refractivity contribution < 1.29 is 19.0 Å². The third-order valence-electron chi connectivity index (χ3n) is 2.29. The summed E-state index contributed by atoms with van der Waals surface area (Å²) in [7, 11) is 2.96. The molecule has 1 atom stereocenters. The topological polar surface area (TPSA) is 57.7 Å². The van der Waals surface area contributed by atoms with E-state index in [1.54, 1.807) is 31.6 Å². The second-order valence-corrected chi connectivity index (χ2v) is 3.50. The molecule has 1 rings (SSSR count). The molecule has 0 saturated carbocycles. The number of carbonyl (C=O) groups excluding carboxylic acids is 1. The van der Waals surface area contributed by atoms with Crippen LogP contribution in [-0.2, 0) is 14.3 Å². The molecule has 0 radical (unpaired) electrons. The van der Waals surface area contributed by atoms with Crippen molar-refractivity contribution in [3.8, 4) is 5.75 Å². The molecule has 17 heavy (non-hydrogen) atoms. The fraction of sp³-hybridized carbons (Fsp3) is 0.500. The zero-order valence-corrected chi connectivity index (χ0v) is 10.1. The molecule has 1 aromatic rings. The molecule has 0 fully saturated rings. The summed E-state index contributed by atoms with van der Waals surface area (Å²) >= 11 is 0. The van der Waals surface area contributed by atoms with E-state index < -0.39 is 0 Å². The van der Waals surface area contributed by atoms with Crippen LogP contribution in [0.2, 0.25) is 0 Å². The first-order chi connectivity index (χ1) is 8.27. The van der Waals surface area contributed by atoms with Crippen LogP contribution in [0.4, 0.5) is 0 Å². The number of rotatable bonds is 7. The first-order valence-corrected chi connectivity index (χ1v) is 5.37. The van der Waals surface area contributed by atoms with Gasteiger partial charge in [-0.05, 0) is 18.6 Å². The Morgan fingerprint density at radius 1 is 1.47 bits per heavy atom. The van der Waals surface area contributed by atoms with Crippen molar-refractivity contribution >= 4 is 5.97 Å². The lowest BCUT2D eigenvalue weighted by atomic mass is 10.1. The van der Waals surface area contributed by atoms with Gasteiger partial charge in [-0.3, -0.25) is 9.78 Å². The van der Waals surface area contributed by atoms with E-state index in [0.29, 0.717) is 18.8 Å². The van der Waals surface area contributed by atoms with Gasteiger partial charge in [-0.25, -0.2) is 0 Å². The number of pyridine rings is 1. The molecule has 0 N–H and O–H groups in total. The van der Waals surface area contributed by atoms with Crippen LogP contribution in [0.3, 0.4) is 0 Å². The number of methoxy groups -OCH3 is 2. The van der Waals surface area contributed by atoms with Gasteiger partial charge in [-0.1, -0.05) is 0 Å². The molecule has 5 nitrogen and oxygen atoms in total. The van der Waals surface area contributed by atoms with Crippen molar-refractivity contribution in [1.82, 2.24) is 4.98 Å². The van der Waals surface area contributed by atoms with E-state index in [1.165, 1.54) is 7.11 Å². The van der Waals surface area contributed by atoms with Crippen molar-refractivity contribution in [3.63, 3.8) is 0 Å². The molecule has 0 aliphatic rings. The second kappa shape index (κ2) is 7.62. The quantitative estimate of drug-likeness (QED) is 0.671. The Balaban J connectivity index is 2.46. The van der Waals surface area contributed by atoms with Crippen LogP contribution in [0.15, 0.2) is 24.5 Å². The molecule has 0 saturated heterocycles. The molecule has 1 aromatic heterocycles. The number of ether oxygens (including phenoxy) is 3. The Morgan fingerprint density at radius 3 is 2.88 bits per heavy atom. The number of carbonyl (C=O) groups is 1. The molecule has 1 heterocycles. The summed E-state index contributed by atoms with van der Waals surface area (Å²) < 4.78 is 15.1. The zero-order chi connectivity index (χ0) is 12.5. The van der Waals surface area contributed by atoms with Gasteiger partial charge < -0.3 is 14.2 Å². The summed E-state index contributed by atoms with van der Waals surface area (Å²) in [6.07, 6.45) is 3.84. The number of hydrogen-bond acceptors (Lipinski definition) is 5. The van der Waals surface area contributed by atoms with Gasteiger partial charge in [0.1, 0.15) is 12.4 Å². The summed E-state index contributed by atoms with van der Waals surface area (Å²) in [5.74, 6) is 0.0323. The minimum atomic E-state index is -0.319. The van der Waals surface area contributed by atoms with Crippen molar-refractivity contribution in [2.75, 3.05) is 27.4 Å². The predicted molar refractivity (Wildman–Crippen MR) is 61.7 cm³/mol. The fourth-order valence-electron chi connectivity index (χ4n) is 1.33.